The van der Waals surface area contributed by atoms with Gasteiger partial charge in [0.05, 0.1) is 24.4 Å². The fourth-order valence-corrected chi connectivity index (χ4v) is 4.15. The summed E-state index contributed by atoms with van der Waals surface area (Å²) in [6.45, 7) is 2.28. The fraction of sp³-hybridized carbons (Fsp3) is 0.429. The number of benzene rings is 1. The Morgan fingerprint density at radius 1 is 1.26 bits per heavy atom. The number of anilines is 1. The summed E-state index contributed by atoms with van der Waals surface area (Å²) >= 11 is 0. The number of nitrogens with zero attached hydrogens (tertiary/aromatic N) is 1. The Balaban J connectivity index is 1.51. The van der Waals surface area contributed by atoms with Gasteiger partial charge < -0.3 is 19.4 Å². The Labute approximate surface area is 158 Å². The molecule has 4 rings (SSSR count). The standard InChI is InChI=1S/C21H24N2O4/c1-13-20(15-7-3-5-9-17(15)27-13)21(25)22-14-11-19(24)23(12-14)16-8-4-6-10-18(16)26-2/h4,6,8,10,14H,3,5,7,9,11-12H2,1-2H3,(H,22,25)/t14-/m1/s1. The normalized spacial score (nSPS) is 19.1. The Hall–Kier alpha value is -2.76. The van der Waals surface area contributed by atoms with E-state index in [1.54, 1.807) is 12.0 Å². The third-order valence-corrected chi connectivity index (χ3v) is 5.41. The summed E-state index contributed by atoms with van der Waals surface area (Å²) in [5.74, 6) is 2.11. The monoisotopic (exact) mass is 368 g/mol. The number of rotatable bonds is 4. The molecule has 2 amide bonds. The van der Waals surface area contributed by atoms with E-state index in [-0.39, 0.29) is 24.3 Å². The first-order chi connectivity index (χ1) is 13.1. The number of hydrogen-bond donors (Lipinski definition) is 1. The number of ether oxygens (including phenoxy) is 1. The topological polar surface area (TPSA) is 71.8 Å². The van der Waals surface area contributed by atoms with Crippen molar-refractivity contribution in [3.05, 3.63) is 46.9 Å². The Morgan fingerprint density at radius 3 is 2.85 bits per heavy atom. The van der Waals surface area contributed by atoms with Gasteiger partial charge in [0.25, 0.3) is 5.91 Å². The Kier molecular flexibility index (Phi) is 4.64. The van der Waals surface area contributed by atoms with Crippen LogP contribution in [0.4, 0.5) is 5.69 Å². The SMILES string of the molecule is COc1ccccc1N1C[C@H](NC(=O)c2c(C)oc3c2CCCC3)CC1=O. The van der Waals surface area contributed by atoms with E-state index < -0.39 is 0 Å². The van der Waals surface area contributed by atoms with Gasteiger partial charge in [-0.15, -0.1) is 0 Å². The lowest BCUT2D eigenvalue weighted by Crippen LogP contribution is -2.37. The minimum Gasteiger partial charge on any atom is -0.495 e. The van der Waals surface area contributed by atoms with Crippen LogP contribution in [0.15, 0.2) is 28.7 Å². The van der Waals surface area contributed by atoms with Crippen LogP contribution in [0.1, 0.15) is 46.7 Å². The third kappa shape index (κ3) is 3.20. The summed E-state index contributed by atoms with van der Waals surface area (Å²) in [5.41, 5.74) is 2.44. The first-order valence-electron chi connectivity index (χ1n) is 9.44. The van der Waals surface area contributed by atoms with Crippen LogP contribution >= 0.6 is 0 Å². The third-order valence-electron chi connectivity index (χ3n) is 5.41. The van der Waals surface area contributed by atoms with Gasteiger partial charge in [-0.25, -0.2) is 0 Å². The molecule has 6 nitrogen and oxygen atoms in total. The molecule has 1 aliphatic carbocycles. The maximum absolute atomic E-state index is 12.9. The van der Waals surface area contributed by atoms with E-state index in [4.69, 9.17) is 9.15 Å². The second-order valence-electron chi connectivity index (χ2n) is 7.19. The molecule has 0 unspecified atom stereocenters. The molecule has 1 saturated heterocycles. The van der Waals surface area contributed by atoms with E-state index in [0.29, 0.717) is 23.6 Å². The Morgan fingerprint density at radius 2 is 2.04 bits per heavy atom. The molecule has 0 bridgehead atoms. The number of fused-ring (bicyclic) bond motifs is 1. The summed E-state index contributed by atoms with van der Waals surface area (Å²) < 4.78 is 11.2. The molecule has 1 aromatic carbocycles. The van der Waals surface area contributed by atoms with Gasteiger partial charge >= 0.3 is 0 Å². The van der Waals surface area contributed by atoms with E-state index in [2.05, 4.69) is 5.32 Å². The van der Waals surface area contributed by atoms with E-state index in [1.165, 1.54) is 0 Å². The molecule has 0 saturated carbocycles. The zero-order valence-electron chi connectivity index (χ0n) is 15.7. The van der Waals surface area contributed by atoms with Crippen LogP contribution in [0.25, 0.3) is 0 Å². The van der Waals surface area contributed by atoms with Crippen molar-refractivity contribution in [3.8, 4) is 5.75 Å². The molecule has 1 fully saturated rings. The smallest absolute Gasteiger partial charge is 0.255 e. The molecule has 2 aromatic rings. The number of carbonyl (C=O) groups excluding carboxylic acids is 2. The lowest BCUT2D eigenvalue weighted by atomic mass is 9.94. The van der Waals surface area contributed by atoms with Crippen molar-refractivity contribution in [2.45, 2.75) is 45.1 Å². The maximum Gasteiger partial charge on any atom is 0.255 e. The van der Waals surface area contributed by atoms with Gasteiger partial charge in [-0.05, 0) is 38.3 Å². The fourth-order valence-electron chi connectivity index (χ4n) is 4.15. The van der Waals surface area contributed by atoms with Crippen LogP contribution in [0, 0.1) is 6.92 Å². The number of para-hydroxylation sites is 2. The molecule has 1 aromatic heterocycles. The van der Waals surface area contributed by atoms with Crippen molar-refractivity contribution >= 4 is 17.5 Å². The minimum atomic E-state index is -0.233. The second-order valence-corrected chi connectivity index (χ2v) is 7.19. The molecule has 2 aliphatic rings. The summed E-state index contributed by atoms with van der Waals surface area (Å²) in [4.78, 5) is 27.1. The molecule has 1 aliphatic heterocycles. The summed E-state index contributed by atoms with van der Waals surface area (Å²) in [5, 5.41) is 3.04. The first kappa shape index (κ1) is 17.6. The average Bonchev–Trinajstić information content (AvgIpc) is 3.20. The van der Waals surface area contributed by atoms with Crippen LogP contribution in [0.2, 0.25) is 0 Å². The van der Waals surface area contributed by atoms with Crippen LogP contribution in [-0.4, -0.2) is 31.5 Å². The van der Waals surface area contributed by atoms with Gasteiger partial charge in [0.1, 0.15) is 17.3 Å². The zero-order valence-corrected chi connectivity index (χ0v) is 15.7. The average molecular weight is 368 g/mol. The van der Waals surface area contributed by atoms with Crippen molar-refractivity contribution in [3.63, 3.8) is 0 Å². The molecule has 1 atom stereocenters. The van der Waals surface area contributed by atoms with Crippen molar-refractivity contribution in [2.75, 3.05) is 18.6 Å². The van der Waals surface area contributed by atoms with Crippen LogP contribution in [0.5, 0.6) is 5.75 Å². The van der Waals surface area contributed by atoms with Crippen molar-refractivity contribution < 1.29 is 18.7 Å². The second kappa shape index (κ2) is 7.10. The summed E-state index contributed by atoms with van der Waals surface area (Å²) in [6, 6.07) is 7.20. The van der Waals surface area contributed by atoms with Crippen molar-refractivity contribution in [1.29, 1.82) is 0 Å². The van der Waals surface area contributed by atoms with Gasteiger partial charge in [-0.2, -0.15) is 0 Å². The maximum atomic E-state index is 12.9. The van der Waals surface area contributed by atoms with Crippen molar-refractivity contribution in [1.82, 2.24) is 5.32 Å². The molecule has 1 N–H and O–H groups in total. The molecule has 6 heteroatoms. The van der Waals surface area contributed by atoms with E-state index >= 15 is 0 Å². The highest BCUT2D eigenvalue weighted by atomic mass is 16.5. The number of amides is 2. The Bertz CT molecular complexity index is 886. The minimum absolute atomic E-state index is 0.0178. The zero-order chi connectivity index (χ0) is 19.0. The summed E-state index contributed by atoms with van der Waals surface area (Å²) in [7, 11) is 1.59. The highest BCUT2D eigenvalue weighted by Crippen LogP contribution is 2.32. The number of nitrogens with one attached hydrogen (secondary N) is 1. The van der Waals surface area contributed by atoms with Gasteiger partial charge in [-0.3, -0.25) is 9.59 Å². The number of methoxy groups -OCH3 is 1. The van der Waals surface area contributed by atoms with E-state index in [0.717, 1.165) is 42.7 Å². The van der Waals surface area contributed by atoms with Crippen LogP contribution < -0.4 is 15.0 Å². The number of hydrogen-bond acceptors (Lipinski definition) is 4. The van der Waals surface area contributed by atoms with Gasteiger partial charge in [0, 0.05) is 24.9 Å². The molecule has 2 heterocycles. The first-order valence-corrected chi connectivity index (χ1v) is 9.44. The highest BCUT2D eigenvalue weighted by Gasteiger charge is 2.34. The quantitative estimate of drug-likeness (QED) is 0.900. The number of aryl methyl sites for hydroxylation is 2. The van der Waals surface area contributed by atoms with Gasteiger partial charge in [-0.1, -0.05) is 12.1 Å². The van der Waals surface area contributed by atoms with Crippen LogP contribution in [-0.2, 0) is 17.6 Å². The largest absolute Gasteiger partial charge is 0.495 e. The molecule has 142 valence electrons. The number of furan rings is 1. The molecule has 27 heavy (non-hydrogen) atoms. The molecular weight excluding hydrogens is 344 g/mol. The molecular formula is C21H24N2O4. The lowest BCUT2D eigenvalue weighted by molar-refractivity contribution is -0.117. The number of carbonyl (C=O) groups is 2. The lowest BCUT2D eigenvalue weighted by Gasteiger charge is -2.20. The predicted octanol–water partition coefficient (Wildman–Crippen LogP) is 3.01. The molecule has 0 radical (unpaired) electrons. The van der Waals surface area contributed by atoms with Crippen molar-refractivity contribution in [2.24, 2.45) is 0 Å². The highest BCUT2D eigenvalue weighted by molar-refractivity contribution is 6.00. The predicted molar refractivity (Wildman–Crippen MR) is 101 cm³/mol. The molecule has 0 spiro atoms. The van der Waals surface area contributed by atoms with Crippen LogP contribution in [0.3, 0.4) is 0 Å². The summed E-state index contributed by atoms with van der Waals surface area (Å²) in [6.07, 6.45) is 4.24. The van der Waals surface area contributed by atoms with Gasteiger partial charge in [0.2, 0.25) is 5.91 Å². The van der Waals surface area contributed by atoms with Gasteiger partial charge in [0.15, 0.2) is 0 Å². The van der Waals surface area contributed by atoms with E-state index in [1.807, 2.05) is 31.2 Å². The van der Waals surface area contributed by atoms with E-state index in [9.17, 15) is 9.59 Å².